The van der Waals surface area contributed by atoms with Gasteiger partial charge in [0.1, 0.15) is 19.8 Å². The Balaban J connectivity index is 1.41. The molecule has 7 heteroatoms. The number of carbonyl (C=O) groups excluding carboxylic acids is 3. The van der Waals surface area contributed by atoms with Crippen molar-refractivity contribution in [3.8, 4) is 11.5 Å². The molecule has 5 rings (SSSR count). The van der Waals surface area contributed by atoms with Crippen molar-refractivity contribution in [2.45, 2.75) is 0 Å². The van der Waals surface area contributed by atoms with Crippen molar-refractivity contribution >= 4 is 29.5 Å². The molecule has 0 aliphatic carbocycles. The Kier molecular flexibility index (Phi) is 5.82. The van der Waals surface area contributed by atoms with E-state index in [4.69, 9.17) is 9.47 Å². The van der Waals surface area contributed by atoms with Gasteiger partial charge in [-0.15, -0.1) is 0 Å². The van der Waals surface area contributed by atoms with Crippen LogP contribution in [0.3, 0.4) is 0 Å². The Bertz CT molecular complexity index is 1250. The summed E-state index contributed by atoms with van der Waals surface area (Å²) in [6.07, 6.45) is 3.78. The van der Waals surface area contributed by atoms with Crippen LogP contribution >= 0.6 is 0 Å². The predicted octanol–water partition coefficient (Wildman–Crippen LogP) is 3.80. The van der Waals surface area contributed by atoms with Crippen LogP contribution in [0, 0.1) is 0 Å². The van der Waals surface area contributed by atoms with E-state index in [0.717, 1.165) is 10.5 Å². The fourth-order valence-corrected chi connectivity index (χ4v) is 4.01. The van der Waals surface area contributed by atoms with Crippen LogP contribution < -0.4 is 14.4 Å². The number of carbonyl (C=O) groups is 3. The highest BCUT2D eigenvalue weighted by atomic mass is 16.6. The molecular weight excluding hydrogens is 432 g/mol. The van der Waals surface area contributed by atoms with Crippen molar-refractivity contribution in [2.75, 3.05) is 31.2 Å². The minimum absolute atomic E-state index is 0.247. The number of ether oxygens (including phenoxy) is 2. The highest BCUT2D eigenvalue weighted by Crippen LogP contribution is 2.34. The first kappa shape index (κ1) is 21.5. The molecule has 0 fully saturated rings. The summed E-state index contributed by atoms with van der Waals surface area (Å²) < 4.78 is 11.3. The van der Waals surface area contributed by atoms with Gasteiger partial charge in [0.25, 0.3) is 11.8 Å². The lowest BCUT2D eigenvalue weighted by Crippen LogP contribution is -2.43. The van der Waals surface area contributed by atoms with E-state index in [0.29, 0.717) is 41.5 Å². The van der Waals surface area contributed by atoms with Crippen molar-refractivity contribution in [3.05, 3.63) is 95.6 Å². The lowest BCUT2D eigenvalue weighted by Gasteiger charge is -2.26. The molecule has 0 aromatic heterocycles. The van der Waals surface area contributed by atoms with E-state index in [1.807, 2.05) is 42.5 Å². The lowest BCUT2D eigenvalue weighted by atomic mass is 10.1. The minimum atomic E-state index is -0.462. The van der Waals surface area contributed by atoms with E-state index < -0.39 is 11.8 Å². The monoisotopic (exact) mass is 454 g/mol. The van der Waals surface area contributed by atoms with Gasteiger partial charge in [0.05, 0.1) is 11.1 Å². The fraction of sp³-hybridized carbons (Fsp3) is 0.148. The van der Waals surface area contributed by atoms with Crippen LogP contribution in [0.2, 0.25) is 0 Å². The third-order valence-electron chi connectivity index (χ3n) is 5.71. The third kappa shape index (κ3) is 4.15. The Morgan fingerprint density at radius 3 is 2.21 bits per heavy atom. The molecule has 3 aromatic rings. The van der Waals surface area contributed by atoms with Crippen LogP contribution in [0.5, 0.6) is 11.5 Å². The normalized spacial score (nSPS) is 14.4. The summed E-state index contributed by atoms with van der Waals surface area (Å²) in [7, 11) is 0. The number of imide groups is 1. The van der Waals surface area contributed by atoms with Crippen molar-refractivity contribution in [3.63, 3.8) is 0 Å². The highest BCUT2D eigenvalue weighted by molar-refractivity contribution is 6.22. The molecule has 3 aromatic carbocycles. The number of anilines is 1. The predicted molar refractivity (Wildman–Crippen MR) is 127 cm³/mol. The summed E-state index contributed by atoms with van der Waals surface area (Å²) >= 11 is 0. The maximum Gasteiger partial charge on any atom is 0.262 e. The molecular formula is C27H22N2O5. The summed E-state index contributed by atoms with van der Waals surface area (Å²) in [4.78, 5) is 41.5. The number of nitrogens with zero attached hydrogens (tertiary/aromatic N) is 2. The topological polar surface area (TPSA) is 76.2 Å². The van der Waals surface area contributed by atoms with Gasteiger partial charge in [0, 0.05) is 18.3 Å². The molecule has 2 aliphatic rings. The van der Waals surface area contributed by atoms with Gasteiger partial charge in [0.2, 0.25) is 5.91 Å². The van der Waals surface area contributed by atoms with Crippen molar-refractivity contribution in [1.82, 2.24) is 4.90 Å². The van der Waals surface area contributed by atoms with E-state index in [2.05, 4.69) is 0 Å². The van der Waals surface area contributed by atoms with E-state index in [-0.39, 0.29) is 19.0 Å². The largest absolute Gasteiger partial charge is 0.486 e. The Morgan fingerprint density at radius 1 is 0.853 bits per heavy atom. The third-order valence-corrected chi connectivity index (χ3v) is 5.71. The van der Waals surface area contributed by atoms with Gasteiger partial charge in [-0.1, -0.05) is 54.6 Å². The summed E-state index contributed by atoms with van der Waals surface area (Å²) in [6, 6.07) is 21.6. The summed E-state index contributed by atoms with van der Waals surface area (Å²) in [5.74, 6) is -0.146. The minimum Gasteiger partial charge on any atom is -0.486 e. The van der Waals surface area contributed by atoms with E-state index in [9.17, 15) is 14.4 Å². The van der Waals surface area contributed by atoms with Gasteiger partial charge in [0.15, 0.2) is 11.5 Å². The molecule has 0 spiro atoms. The Labute approximate surface area is 196 Å². The molecule has 0 saturated carbocycles. The zero-order chi connectivity index (χ0) is 23.5. The molecule has 0 saturated heterocycles. The zero-order valence-corrected chi connectivity index (χ0v) is 18.3. The van der Waals surface area contributed by atoms with E-state index in [1.54, 1.807) is 42.5 Å². The first-order valence-electron chi connectivity index (χ1n) is 11.0. The molecule has 0 unspecified atom stereocenters. The number of benzene rings is 3. The van der Waals surface area contributed by atoms with Crippen molar-refractivity contribution in [1.29, 1.82) is 0 Å². The Morgan fingerprint density at radius 2 is 1.50 bits per heavy atom. The molecule has 0 N–H and O–H groups in total. The average Bonchev–Trinajstić information content (AvgIpc) is 3.12. The van der Waals surface area contributed by atoms with Gasteiger partial charge >= 0.3 is 0 Å². The van der Waals surface area contributed by atoms with Crippen LogP contribution in [0.15, 0.2) is 78.9 Å². The molecule has 0 bridgehead atoms. The van der Waals surface area contributed by atoms with Crippen molar-refractivity contribution < 1.29 is 23.9 Å². The number of rotatable bonds is 6. The lowest BCUT2D eigenvalue weighted by molar-refractivity contribution is -0.118. The van der Waals surface area contributed by atoms with Crippen LogP contribution in [-0.4, -0.2) is 48.9 Å². The number of hydrogen-bond acceptors (Lipinski definition) is 5. The zero-order valence-electron chi connectivity index (χ0n) is 18.3. The van der Waals surface area contributed by atoms with Crippen LogP contribution in [0.25, 0.3) is 6.08 Å². The summed E-state index contributed by atoms with van der Waals surface area (Å²) in [6.45, 7) is 0.776. The van der Waals surface area contributed by atoms with Crippen LogP contribution in [-0.2, 0) is 4.79 Å². The van der Waals surface area contributed by atoms with Crippen LogP contribution in [0.1, 0.15) is 26.3 Å². The maximum absolute atomic E-state index is 13.4. The SMILES string of the molecule is O=C1c2ccccc2C(=O)N1CC(=O)N(C/C=C/c1ccccc1)c1ccc2c(c1)OCCO2. The summed E-state index contributed by atoms with van der Waals surface area (Å²) in [5.41, 5.74) is 2.21. The summed E-state index contributed by atoms with van der Waals surface area (Å²) in [5, 5.41) is 0. The molecule has 34 heavy (non-hydrogen) atoms. The highest BCUT2D eigenvalue weighted by Gasteiger charge is 2.37. The fourth-order valence-electron chi connectivity index (χ4n) is 4.01. The molecule has 0 atom stereocenters. The Hall–Kier alpha value is -4.39. The van der Waals surface area contributed by atoms with Crippen molar-refractivity contribution in [2.24, 2.45) is 0 Å². The molecule has 0 radical (unpaired) electrons. The molecule has 2 heterocycles. The molecule has 3 amide bonds. The second-order valence-corrected chi connectivity index (χ2v) is 7.89. The van der Waals surface area contributed by atoms with Crippen LogP contribution in [0.4, 0.5) is 5.69 Å². The maximum atomic E-state index is 13.4. The van der Waals surface area contributed by atoms with Gasteiger partial charge in [-0.05, 0) is 29.8 Å². The van der Waals surface area contributed by atoms with Gasteiger partial charge < -0.3 is 14.4 Å². The van der Waals surface area contributed by atoms with Gasteiger partial charge in [-0.25, -0.2) is 0 Å². The van der Waals surface area contributed by atoms with Gasteiger partial charge in [-0.3, -0.25) is 19.3 Å². The first-order chi connectivity index (χ1) is 16.6. The van der Waals surface area contributed by atoms with E-state index >= 15 is 0 Å². The molecule has 7 nitrogen and oxygen atoms in total. The second-order valence-electron chi connectivity index (χ2n) is 7.89. The number of hydrogen-bond donors (Lipinski definition) is 0. The average molecular weight is 454 g/mol. The van der Waals surface area contributed by atoms with Gasteiger partial charge in [-0.2, -0.15) is 0 Å². The second kappa shape index (κ2) is 9.23. The number of fused-ring (bicyclic) bond motifs is 2. The number of amides is 3. The standard InChI is InChI=1S/C27H22N2O5/c30-25(18-29-26(31)21-10-4-5-11-22(21)27(29)32)28(14-6-9-19-7-2-1-3-8-19)20-12-13-23-24(17-20)34-16-15-33-23/h1-13,17H,14-16,18H2/b9-6+. The molecule has 2 aliphatic heterocycles. The smallest absolute Gasteiger partial charge is 0.262 e. The van der Waals surface area contributed by atoms with E-state index in [1.165, 1.54) is 4.90 Å². The molecule has 170 valence electrons. The quantitative estimate of drug-likeness (QED) is 0.530. The first-order valence-corrected chi connectivity index (χ1v) is 11.0.